The van der Waals surface area contributed by atoms with E-state index in [1.807, 2.05) is 24.3 Å². The van der Waals surface area contributed by atoms with Gasteiger partial charge in [0, 0.05) is 24.4 Å². The van der Waals surface area contributed by atoms with Gasteiger partial charge in [-0.15, -0.1) is 0 Å². The fraction of sp³-hybridized carbons (Fsp3) is 0.444. The maximum absolute atomic E-state index is 12.9. The average Bonchev–Trinajstić information content (AvgIpc) is 2.95. The number of aliphatic carboxylic acids is 1. The molecule has 178 valence electrons. The van der Waals surface area contributed by atoms with Gasteiger partial charge < -0.3 is 20.1 Å². The van der Waals surface area contributed by atoms with Gasteiger partial charge in [-0.05, 0) is 47.9 Å². The molecule has 7 heteroatoms. The molecule has 2 N–H and O–H groups in total. The van der Waals surface area contributed by atoms with Crippen molar-refractivity contribution < 1.29 is 24.2 Å². The number of carboxylic acid groups (broad SMARTS) is 1. The smallest absolute Gasteiger partial charge is 0.407 e. The van der Waals surface area contributed by atoms with Crippen LogP contribution in [0.4, 0.5) is 4.79 Å². The lowest BCUT2D eigenvalue weighted by molar-refractivity contribution is -0.153. The zero-order chi connectivity index (χ0) is 23.7. The molecule has 2 aromatic carbocycles. The molecule has 1 heterocycles. The molecule has 3 aliphatic rings. The van der Waals surface area contributed by atoms with Crippen LogP contribution in [0.2, 0.25) is 0 Å². The second kappa shape index (κ2) is 9.49. The third-order valence-electron chi connectivity index (χ3n) is 7.47. The molecule has 2 aromatic rings. The van der Waals surface area contributed by atoms with Gasteiger partial charge in [0.15, 0.2) is 0 Å². The highest BCUT2D eigenvalue weighted by atomic mass is 16.5. The Hall–Kier alpha value is -3.35. The molecule has 34 heavy (non-hydrogen) atoms. The van der Waals surface area contributed by atoms with Gasteiger partial charge in [-0.25, -0.2) is 9.59 Å². The first-order chi connectivity index (χ1) is 16.5. The number of nitrogens with one attached hydrogen (secondary N) is 1. The van der Waals surface area contributed by atoms with E-state index in [0.29, 0.717) is 25.8 Å². The van der Waals surface area contributed by atoms with Gasteiger partial charge in [-0.2, -0.15) is 0 Å². The van der Waals surface area contributed by atoms with E-state index in [9.17, 15) is 19.5 Å². The number of carboxylic acids is 1. The molecule has 7 nitrogen and oxygen atoms in total. The third-order valence-corrected chi connectivity index (χ3v) is 7.47. The number of hydrogen-bond acceptors (Lipinski definition) is 4. The molecule has 2 aliphatic carbocycles. The lowest BCUT2D eigenvalue weighted by atomic mass is 9.79. The fourth-order valence-corrected chi connectivity index (χ4v) is 5.61. The maximum atomic E-state index is 12.9. The predicted molar refractivity (Wildman–Crippen MR) is 126 cm³/mol. The van der Waals surface area contributed by atoms with E-state index in [2.05, 4.69) is 29.6 Å². The van der Waals surface area contributed by atoms with Crippen LogP contribution in [-0.2, 0) is 14.3 Å². The molecule has 0 radical (unpaired) electrons. The van der Waals surface area contributed by atoms with Gasteiger partial charge in [-0.1, -0.05) is 61.4 Å². The van der Waals surface area contributed by atoms with Crippen LogP contribution in [0.1, 0.15) is 55.6 Å². The first-order valence-corrected chi connectivity index (χ1v) is 12.2. The molecular formula is C27H30N2O5. The number of benzene rings is 2. The number of amides is 2. The highest BCUT2D eigenvalue weighted by Gasteiger charge is 2.41. The van der Waals surface area contributed by atoms with Gasteiger partial charge in [0.05, 0.1) is 0 Å². The van der Waals surface area contributed by atoms with Gasteiger partial charge in [0.2, 0.25) is 5.91 Å². The van der Waals surface area contributed by atoms with E-state index in [4.69, 9.17) is 4.74 Å². The van der Waals surface area contributed by atoms with Crippen LogP contribution in [0, 0.1) is 5.92 Å². The Morgan fingerprint density at radius 3 is 2.24 bits per heavy atom. The maximum Gasteiger partial charge on any atom is 0.407 e. The number of ether oxygens (including phenoxy) is 1. The Bertz CT molecular complexity index is 1050. The van der Waals surface area contributed by atoms with E-state index >= 15 is 0 Å². The first-order valence-electron chi connectivity index (χ1n) is 12.2. The number of rotatable bonds is 5. The normalized spacial score (nSPS) is 23.8. The second-order valence-corrected chi connectivity index (χ2v) is 9.57. The lowest BCUT2D eigenvalue weighted by Crippen LogP contribution is -2.53. The molecule has 1 saturated heterocycles. The van der Waals surface area contributed by atoms with E-state index in [1.165, 1.54) is 11.1 Å². The Morgan fingerprint density at radius 2 is 1.59 bits per heavy atom. The largest absolute Gasteiger partial charge is 0.480 e. The minimum Gasteiger partial charge on any atom is -0.480 e. The van der Waals surface area contributed by atoms with Crippen LogP contribution in [0.25, 0.3) is 11.1 Å². The first kappa shape index (κ1) is 22.4. The van der Waals surface area contributed by atoms with Crippen LogP contribution in [0.15, 0.2) is 48.5 Å². The molecule has 2 fully saturated rings. The lowest BCUT2D eigenvalue weighted by Gasteiger charge is -2.39. The molecule has 0 bridgehead atoms. The quantitative estimate of drug-likeness (QED) is 0.696. The average molecular weight is 463 g/mol. The van der Waals surface area contributed by atoms with Gasteiger partial charge in [0.25, 0.3) is 0 Å². The standard InChI is InChI=1S/C27H30N2O5/c30-25(29-13-7-1-2-12-24(29)26(31)32)17-14-18(15-17)28-27(33)34-16-23-21-10-5-3-8-19(21)20-9-4-6-11-22(20)23/h3-6,8-11,17-18,23-24H,1-2,7,12-16H2,(H,28,33)(H,31,32). The number of likely N-dealkylation sites (tertiary alicyclic amines) is 1. The number of fused-ring (bicyclic) bond motifs is 3. The van der Waals surface area contributed by atoms with Crippen molar-refractivity contribution in [3.05, 3.63) is 59.7 Å². The van der Waals surface area contributed by atoms with Crippen LogP contribution < -0.4 is 5.32 Å². The van der Waals surface area contributed by atoms with Crippen LogP contribution in [0.5, 0.6) is 0 Å². The topological polar surface area (TPSA) is 95.9 Å². The van der Waals surface area contributed by atoms with Gasteiger partial charge in [-0.3, -0.25) is 4.79 Å². The molecule has 1 aliphatic heterocycles. The van der Waals surface area contributed by atoms with E-state index < -0.39 is 18.1 Å². The molecule has 1 atom stereocenters. The highest BCUT2D eigenvalue weighted by Crippen LogP contribution is 2.44. The van der Waals surface area contributed by atoms with Crippen LogP contribution in [-0.4, -0.2) is 53.2 Å². The summed E-state index contributed by atoms with van der Waals surface area (Å²) in [7, 11) is 0. The summed E-state index contributed by atoms with van der Waals surface area (Å²) in [5, 5.41) is 12.4. The highest BCUT2D eigenvalue weighted by molar-refractivity contribution is 5.86. The van der Waals surface area contributed by atoms with E-state index in [1.54, 1.807) is 4.90 Å². The summed E-state index contributed by atoms with van der Waals surface area (Å²) in [4.78, 5) is 38.6. The van der Waals surface area contributed by atoms with Crippen molar-refractivity contribution in [1.82, 2.24) is 10.2 Å². The summed E-state index contributed by atoms with van der Waals surface area (Å²) in [5.41, 5.74) is 4.69. The summed E-state index contributed by atoms with van der Waals surface area (Å²) in [6, 6.07) is 15.5. The SMILES string of the molecule is O=C(NC1CC(C(=O)N2CCCCCC2C(=O)O)C1)OCC1c2ccccc2-c2ccccc21. The van der Waals surface area contributed by atoms with Crippen molar-refractivity contribution in [1.29, 1.82) is 0 Å². The molecule has 0 spiro atoms. The summed E-state index contributed by atoms with van der Waals surface area (Å²) in [6.07, 6.45) is 3.69. The molecular weight excluding hydrogens is 432 g/mol. The number of alkyl carbamates (subject to hydrolysis) is 1. The monoisotopic (exact) mass is 462 g/mol. The number of carbonyl (C=O) groups is 3. The minimum absolute atomic E-state index is 0.00450. The second-order valence-electron chi connectivity index (χ2n) is 9.57. The molecule has 5 rings (SSSR count). The summed E-state index contributed by atoms with van der Waals surface area (Å²) in [5.74, 6) is -1.26. The predicted octanol–water partition coefficient (Wildman–Crippen LogP) is 4.16. The summed E-state index contributed by atoms with van der Waals surface area (Å²) >= 11 is 0. The molecule has 1 unspecified atom stereocenters. The number of nitrogens with zero attached hydrogens (tertiary/aromatic N) is 1. The minimum atomic E-state index is -0.928. The van der Waals surface area contributed by atoms with Crippen molar-refractivity contribution in [2.24, 2.45) is 5.92 Å². The van der Waals surface area contributed by atoms with Crippen molar-refractivity contribution in [3.8, 4) is 11.1 Å². The number of carbonyl (C=O) groups excluding carboxylic acids is 2. The van der Waals surface area contributed by atoms with Crippen molar-refractivity contribution in [2.45, 2.75) is 56.5 Å². The number of hydrogen-bond donors (Lipinski definition) is 2. The van der Waals surface area contributed by atoms with Crippen molar-refractivity contribution in [2.75, 3.05) is 13.2 Å². The van der Waals surface area contributed by atoms with Gasteiger partial charge >= 0.3 is 12.1 Å². The van der Waals surface area contributed by atoms with Crippen LogP contribution in [0.3, 0.4) is 0 Å². The Morgan fingerprint density at radius 1 is 0.941 bits per heavy atom. The van der Waals surface area contributed by atoms with Gasteiger partial charge in [0.1, 0.15) is 12.6 Å². The van der Waals surface area contributed by atoms with E-state index in [0.717, 1.165) is 30.4 Å². The zero-order valence-electron chi connectivity index (χ0n) is 19.1. The molecule has 0 aromatic heterocycles. The Labute approximate surface area is 199 Å². The van der Waals surface area contributed by atoms with E-state index in [-0.39, 0.29) is 30.4 Å². The fourth-order valence-electron chi connectivity index (χ4n) is 5.61. The zero-order valence-corrected chi connectivity index (χ0v) is 19.1. The summed E-state index contributed by atoms with van der Waals surface area (Å²) in [6.45, 7) is 0.750. The molecule has 1 saturated carbocycles. The summed E-state index contributed by atoms with van der Waals surface area (Å²) < 4.78 is 5.60. The Balaban J connectivity index is 1.13. The van der Waals surface area contributed by atoms with Crippen molar-refractivity contribution in [3.63, 3.8) is 0 Å². The third kappa shape index (κ3) is 4.27. The van der Waals surface area contributed by atoms with Crippen LogP contribution >= 0.6 is 0 Å². The van der Waals surface area contributed by atoms with Crippen molar-refractivity contribution >= 4 is 18.0 Å². The Kier molecular flexibility index (Phi) is 6.26. The molecule has 2 amide bonds.